The Morgan fingerprint density at radius 3 is 3.07 bits per heavy atom. The third kappa shape index (κ3) is 2.59. The lowest BCUT2D eigenvalue weighted by Gasteiger charge is -2.01. The third-order valence-corrected chi connectivity index (χ3v) is 2.02. The van der Waals surface area contributed by atoms with E-state index in [1.165, 1.54) is 12.7 Å². The van der Waals surface area contributed by atoms with Crippen LogP contribution >= 0.6 is 0 Å². The molecule has 0 aliphatic carbocycles. The van der Waals surface area contributed by atoms with Crippen molar-refractivity contribution in [2.75, 3.05) is 6.54 Å². The topological polar surface area (TPSA) is 81.7 Å². The molecule has 2 rings (SSSR count). The summed E-state index contributed by atoms with van der Waals surface area (Å²) in [7, 11) is 1.86. The van der Waals surface area contributed by atoms with E-state index >= 15 is 0 Å². The van der Waals surface area contributed by atoms with Gasteiger partial charge in [0.1, 0.15) is 12.2 Å². The van der Waals surface area contributed by atoms with Gasteiger partial charge in [0.25, 0.3) is 0 Å². The van der Waals surface area contributed by atoms with Crippen molar-refractivity contribution in [2.24, 2.45) is 7.05 Å². The van der Waals surface area contributed by atoms with Crippen LogP contribution in [0.5, 0.6) is 0 Å². The maximum atomic E-state index is 4.62. The van der Waals surface area contributed by atoms with Gasteiger partial charge >= 0.3 is 0 Å². The van der Waals surface area contributed by atoms with Crippen LogP contribution in [0.25, 0.3) is 0 Å². The highest BCUT2D eigenvalue weighted by Crippen LogP contribution is 1.91. The molecule has 0 spiro atoms. The van der Waals surface area contributed by atoms with Crippen LogP contribution in [0.15, 0.2) is 17.2 Å². The van der Waals surface area contributed by atoms with E-state index in [0.717, 1.165) is 18.8 Å². The lowest BCUT2D eigenvalue weighted by atomic mass is 10.4. The van der Waals surface area contributed by atoms with E-state index in [9.17, 15) is 0 Å². The first-order valence-corrected chi connectivity index (χ1v) is 4.65. The van der Waals surface area contributed by atoms with Crippen molar-refractivity contribution in [3.63, 3.8) is 0 Å². The molecule has 2 aromatic heterocycles. The molecule has 0 fully saturated rings. The zero-order valence-electron chi connectivity index (χ0n) is 8.42. The number of aromatic nitrogens is 5. The van der Waals surface area contributed by atoms with Crippen LogP contribution in [0, 0.1) is 0 Å². The highest BCUT2D eigenvalue weighted by atomic mass is 16.5. The van der Waals surface area contributed by atoms with Gasteiger partial charge < -0.3 is 9.84 Å². The molecule has 2 heterocycles. The van der Waals surface area contributed by atoms with Gasteiger partial charge in [-0.1, -0.05) is 5.16 Å². The summed E-state index contributed by atoms with van der Waals surface area (Å²) in [5.41, 5.74) is 0. The molecule has 0 aromatic carbocycles. The van der Waals surface area contributed by atoms with E-state index in [0.29, 0.717) is 12.4 Å². The second-order valence-corrected chi connectivity index (χ2v) is 3.07. The minimum Gasteiger partial charge on any atom is -0.343 e. The van der Waals surface area contributed by atoms with Crippen LogP contribution in [0.1, 0.15) is 11.6 Å². The average Bonchev–Trinajstić information content (AvgIpc) is 2.85. The van der Waals surface area contributed by atoms with Crippen LogP contribution in [0.3, 0.4) is 0 Å². The molecule has 2 aromatic rings. The maximum absolute atomic E-state index is 4.62. The molecule has 0 amide bonds. The Hall–Kier alpha value is -1.76. The van der Waals surface area contributed by atoms with Gasteiger partial charge in [0.05, 0.1) is 6.54 Å². The fourth-order valence-electron chi connectivity index (χ4n) is 1.18. The second kappa shape index (κ2) is 4.65. The van der Waals surface area contributed by atoms with Crippen molar-refractivity contribution < 1.29 is 4.52 Å². The van der Waals surface area contributed by atoms with E-state index in [1.807, 2.05) is 7.05 Å². The van der Waals surface area contributed by atoms with Gasteiger partial charge in [-0.2, -0.15) is 10.1 Å². The highest BCUT2D eigenvalue weighted by Gasteiger charge is 2.00. The van der Waals surface area contributed by atoms with Crippen molar-refractivity contribution in [3.05, 3.63) is 24.4 Å². The van der Waals surface area contributed by atoms with Crippen LogP contribution in [0.2, 0.25) is 0 Å². The first-order valence-electron chi connectivity index (χ1n) is 4.65. The smallest absolute Gasteiger partial charge is 0.213 e. The second-order valence-electron chi connectivity index (χ2n) is 3.07. The zero-order valence-corrected chi connectivity index (χ0v) is 8.42. The number of rotatable bonds is 5. The van der Waals surface area contributed by atoms with E-state index in [1.54, 1.807) is 4.68 Å². The van der Waals surface area contributed by atoms with Gasteiger partial charge in [0.2, 0.25) is 6.39 Å². The number of nitrogens with zero attached hydrogens (tertiary/aromatic N) is 5. The molecule has 7 nitrogen and oxygen atoms in total. The molecule has 1 N–H and O–H groups in total. The molecule has 15 heavy (non-hydrogen) atoms. The predicted molar refractivity (Wildman–Crippen MR) is 50.7 cm³/mol. The zero-order chi connectivity index (χ0) is 10.5. The molecular weight excluding hydrogens is 196 g/mol. The van der Waals surface area contributed by atoms with E-state index in [4.69, 9.17) is 0 Å². The molecule has 0 saturated carbocycles. The van der Waals surface area contributed by atoms with E-state index in [2.05, 4.69) is 30.1 Å². The van der Waals surface area contributed by atoms with Crippen LogP contribution in [-0.2, 0) is 20.0 Å². The van der Waals surface area contributed by atoms with Crippen molar-refractivity contribution in [2.45, 2.75) is 13.0 Å². The van der Waals surface area contributed by atoms with Gasteiger partial charge in [-0.15, -0.1) is 0 Å². The Bertz CT molecular complexity index is 395. The first kappa shape index (κ1) is 9.78. The number of hydrogen-bond donors (Lipinski definition) is 1. The molecule has 80 valence electrons. The SMILES string of the molecule is Cn1ncnc1CNCCc1ncon1. The average molecular weight is 208 g/mol. The number of hydrogen-bond acceptors (Lipinski definition) is 6. The highest BCUT2D eigenvalue weighted by molar-refractivity contribution is 4.83. The molecule has 0 atom stereocenters. The Balaban J connectivity index is 1.70. The predicted octanol–water partition coefficient (Wildman–Crippen LogP) is -0.470. The standard InChI is InChI=1S/C8H12N6O/c1-14-8(10-5-12-14)4-9-3-2-7-11-6-15-13-7/h5-6,9H,2-4H2,1H3. The van der Waals surface area contributed by atoms with Crippen LogP contribution < -0.4 is 5.32 Å². The van der Waals surface area contributed by atoms with Crippen molar-refractivity contribution in [1.29, 1.82) is 0 Å². The summed E-state index contributed by atoms with van der Waals surface area (Å²) < 4.78 is 6.36. The maximum Gasteiger partial charge on any atom is 0.213 e. The number of nitrogens with one attached hydrogen (secondary N) is 1. The van der Waals surface area contributed by atoms with Crippen molar-refractivity contribution in [1.82, 2.24) is 30.2 Å². The Morgan fingerprint density at radius 2 is 2.40 bits per heavy atom. The minimum absolute atomic E-state index is 0.689. The van der Waals surface area contributed by atoms with Gasteiger partial charge in [0, 0.05) is 20.0 Å². The number of aryl methyl sites for hydroxylation is 1. The van der Waals surface area contributed by atoms with Gasteiger partial charge in [-0.25, -0.2) is 4.98 Å². The van der Waals surface area contributed by atoms with E-state index < -0.39 is 0 Å². The Kier molecular flexibility index (Phi) is 3.03. The fraction of sp³-hybridized carbons (Fsp3) is 0.500. The molecule has 0 unspecified atom stereocenters. The molecule has 0 saturated heterocycles. The summed E-state index contributed by atoms with van der Waals surface area (Å²) in [6, 6.07) is 0. The lowest BCUT2D eigenvalue weighted by Crippen LogP contribution is -2.19. The molecule has 7 heteroatoms. The summed E-state index contributed by atoms with van der Waals surface area (Å²) in [4.78, 5) is 8.01. The summed E-state index contributed by atoms with van der Waals surface area (Å²) >= 11 is 0. The summed E-state index contributed by atoms with van der Waals surface area (Å²) in [6.45, 7) is 1.47. The minimum atomic E-state index is 0.689. The van der Waals surface area contributed by atoms with Gasteiger partial charge in [-0.3, -0.25) is 4.68 Å². The Morgan fingerprint density at radius 1 is 1.47 bits per heavy atom. The fourth-order valence-corrected chi connectivity index (χ4v) is 1.18. The lowest BCUT2D eigenvalue weighted by molar-refractivity contribution is 0.409. The monoisotopic (exact) mass is 208 g/mol. The summed E-state index contributed by atoms with van der Waals surface area (Å²) in [6.07, 6.45) is 3.61. The largest absolute Gasteiger partial charge is 0.343 e. The normalized spacial score (nSPS) is 10.7. The van der Waals surface area contributed by atoms with Gasteiger partial charge in [-0.05, 0) is 0 Å². The molecule has 0 bridgehead atoms. The van der Waals surface area contributed by atoms with Gasteiger partial charge in [0.15, 0.2) is 5.82 Å². The van der Waals surface area contributed by atoms with Crippen LogP contribution in [0.4, 0.5) is 0 Å². The molecular formula is C8H12N6O. The Labute approximate surface area is 86.5 Å². The quantitative estimate of drug-likeness (QED) is 0.669. The van der Waals surface area contributed by atoms with Crippen molar-refractivity contribution >= 4 is 0 Å². The molecule has 0 radical (unpaired) electrons. The first-order chi connectivity index (χ1) is 7.36. The summed E-state index contributed by atoms with van der Waals surface area (Å²) in [5, 5.41) is 10.9. The van der Waals surface area contributed by atoms with Crippen molar-refractivity contribution in [3.8, 4) is 0 Å². The summed E-state index contributed by atoms with van der Waals surface area (Å²) in [5.74, 6) is 1.61. The third-order valence-electron chi connectivity index (χ3n) is 2.02. The van der Waals surface area contributed by atoms with E-state index in [-0.39, 0.29) is 0 Å². The molecule has 0 aliphatic heterocycles. The molecule has 0 aliphatic rings. The van der Waals surface area contributed by atoms with Crippen LogP contribution in [-0.4, -0.2) is 31.4 Å².